The highest BCUT2D eigenvalue weighted by molar-refractivity contribution is 7.10. The summed E-state index contributed by atoms with van der Waals surface area (Å²) in [7, 11) is 0. The first kappa shape index (κ1) is 15.6. The van der Waals surface area contributed by atoms with E-state index in [2.05, 4.69) is 20.7 Å². The molecule has 2 aromatic rings. The lowest BCUT2D eigenvalue weighted by molar-refractivity contribution is -0.123. The van der Waals surface area contributed by atoms with Crippen molar-refractivity contribution in [2.45, 2.75) is 57.9 Å². The molecule has 0 spiro atoms. The summed E-state index contributed by atoms with van der Waals surface area (Å²) in [6.45, 7) is 4.01. The lowest BCUT2D eigenvalue weighted by atomic mass is 9.98. The molecule has 1 aliphatic rings. The quantitative estimate of drug-likeness (QED) is 0.905. The van der Waals surface area contributed by atoms with E-state index in [1.54, 1.807) is 22.7 Å². The number of hydrogen-bond acceptors (Lipinski definition) is 5. The number of rotatable bonds is 5. The highest BCUT2D eigenvalue weighted by atomic mass is 32.1. The highest BCUT2D eigenvalue weighted by Crippen LogP contribution is 2.40. The van der Waals surface area contributed by atoms with Gasteiger partial charge in [0.15, 0.2) is 0 Å². The lowest BCUT2D eigenvalue weighted by Crippen LogP contribution is -2.43. The first-order valence-electron chi connectivity index (χ1n) is 7.72. The molecule has 3 rings (SSSR count). The molecule has 4 nitrogen and oxygen atoms in total. The van der Waals surface area contributed by atoms with Gasteiger partial charge in [-0.25, -0.2) is 9.97 Å². The molecule has 1 N–H and O–H groups in total. The number of nitrogens with one attached hydrogen (secondary N) is 1. The minimum absolute atomic E-state index is 0.127. The first-order valence-corrected chi connectivity index (χ1v) is 9.47. The Morgan fingerprint density at radius 2 is 2.09 bits per heavy atom. The summed E-state index contributed by atoms with van der Waals surface area (Å²) in [6, 6.07) is 0. The van der Waals surface area contributed by atoms with Crippen molar-refractivity contribution >= 4 is 28.6 Å². The maximum atomic E-state index is 12.4. The van der Waals surface area contributed by atoms with Crippen molar-refractivity contribution in [2.75, 3.05) is 0 Å². The number of carbonyl (C=O) groups is 1. The molecular weight excluding hydrogens is 314 g/mol. The van der Waals surface area contributed by atoms with E-state index in [1.807, 2.05) is 19.4 Å². The third-order valence-electron chi connectivity index (χ3n) is 4.29. The Hall–Kier alpha value is -1.27. The summed E-state index contributed by atoms with van der Waals surface area (Å²) in [5.41, 5.74) is 3.71. The van der Waals surface area contributed by atoms with Crippen LogP contribution in [0.2, 0.25) is 0 Å². The van der Waals surface area contributed by atoms with Crippen LogP contribution in [0.5, 0.6) is 0 Å². The van der Waals surface area contributed by atoms with Crippen molar-refractivity contribution in [3.8, 4) is 0 Å². The van der Waals surface area contributed by atoms with E-state index in [4.69, 9.17) is 0 Å². The summed E-state index contributed by atoms with van der Waals surface area (Å²) in [4.78, 5) is 22.5. The maximum absolute atomic E-state index is 12.4. The molecule has 1 saturated carbocycles. The molecule has 2 heterocycles. The Labute approximate surface area is 139 Å². The van der Waals surface area contributed by atoms with Crippen molar-refractivity contribution in [3.05, 3.63) is 32.2 Å². The molecule has 0 aliphatic heterocycles. The average Bonchev–Trinajstić information content (AvgIpc) is 3.19. The largest absolute Gasteiger partial charge is 0.344 e. The normalized spacial score (nSPS) is 16.8. The smallest absolute Gasteiger partial charge is 0.221 e. The lowest BCUT2D eigenvalue weighted by Gasteiger charge is -2.28. The van der Waals surface area contributed by atoms with Crippen LogP contribution in [0.4, 0.5) is 0 Å². The molecule has 0 atom stereocenters. The molecule has 1 fully saturated rings. The van der Waals surface area contributed by atoms with E-state index in [1.165, 1.54) is 4.88 Å². The summed E-state index contributed by atoms with van der Waals surface area (Å²) >= 11 is 3.30. The van der Waals surface area contributed by atoms with Crippen LogP contribution in [-0.2, 0) is 16.8 Å². The number of amides is 1. The fourth-order valence-corrected chi connectivity index (χ4v) is 4.86. The number of carbonyl (C=O) groups excluding carboxylic acids is 1. The molecule has 0 bridgehead atoms. The zero-order chi connectivity index (χ0) is 15.6. The van der Waals surface area contributed by atoms with Crippen LogP contribution >= 0.6 is 22.7 Å². The van der Waals surface area contributed by atoms with E-state index in [0.717, 1.165) is 48.5 Å². The molecule has 2 aromatic heterocycles. The van der Waals surface area contributed by atoms with Crippen molar-refractivity contribution < 1.29 is 4.79 Å². The number of hydrogen-bond donors (Lipinski definition) is 1. The van der Waals surface area contributed by atoms with Gasteiger partial charge in [0.05, 0.1) is 16.7 Å². The van der Waals surface area contributed by atoms with Gasteiger partial charge >= 0.3 is 0 Å². The Kier molecular flexibility index (Phi) is 4.59. The molecule has 0 aromatic carbocycles. The average molecular weight is 335 g/mol. The highest BCUT2D eigenvalue weighted by Gasteiger charge is 2.39. The fraction of sp³-hybridized carbons (Fsp3) is 0.562. The topological polar surface area (TPSA) is 54.9 Å². The van der Waals surface area contributed by atoms with Gasteiger partial charge in [-0.15, -0.1) is 22.7 Å². The number of aromatic nitrogens is 2. The number of aryl methyl sites for hydroxylation is 3. The molecular formula is C16H21N3OS2. The van der Waals surface area contributed by atoms with Crippen LogP contribution < -0.4 is 5.32 Å². The van der Waals surface area contributed by atoms with E-state index >= 15 is 0 Å². The number of nitrogens with zero attached hydrogens (tertiary/aromatic N) is 2. The monoisotopic (exact) mass is 335 g/mol. The molecule has 0 unspecified atom stereocenters. The summed E-state index contributed by atoms with van der Waals surface area (Å²) in [5, 5.41) is 6.44. The molecule has 6 heteroatoms. The second-order valence-electron chi connectivity index (χ2n) is 5.99. The van der Waals surface area contributed by atoms with E-state index in [9.17, 15) is 4.79 Å². The Morgan fingerprint density at radius 3 is 2.68 bits per heavy atom. The van der Waals surface area contributed by atoms with Gasteiger partial charge in [0, 0.05) is 22.4 Å². The zero-order valence-electron chi connectivity index (χ0n) is 13.0. The van der Waals surface area contributed by atoms with Gasteiger partial charge in [-0.3, -0.25) is 4.79 Å². The van der Waals surface area contributed by atoms with Gasteiger partial charge in [0.25, 0.3) is 0 Å². The van der Waals surface area contributed by atoms with Crippen LogP contribution in [-0.4, -0.2) is 15.9 Å². The van der Waals surface area contributed by atoms with E-state index in [-0.39, 0.29) is 11.4 Å². The summed E-state index contributed by atoms with van der Waals surface area (Å²) < 4.78 is 0. The van der Waals surface area contributed by atoms with Crippen LogP contribution in [0.25, 0.3) is 0 Å². The van der Waals surface area contributed by atoms with Crippen molar-refractivity contribution in [2.24, 2.45) is 0 Å². The maximum Gasteiger partial charge on any atom is 0.221 e. The molecule has 118 valence electrons. The third-order valence-corrected chi connectivity index (χ3v) is 6.45. The zero-order valence-corrected chi connectivity index (χ0v) is 14.6. The third kappa shape index (κ3) is 3.22. The summed E-state index contributed by atoms with van der Waals surface area (Å²) in [5.74, 6) is 0.127. The van der Waals surface area contributed by atoms with Gasteiger partial charge in [0.1, 0.15) is 5.01 Å². The van der Waals surface area contributed by atoms with Crippen molar-refractivity contribution in [1.82, 2.24) is 15.3 Å². The van der Waals surface area contributed by atoms with Gasteiger partial charge in [-0.2, -0.15) is 0 Å². The fourth-order valence-electron chi connectivity index (χ4n) is 3.07. The predicted molar refractivity (Wildman–Crippen MR) is 90.3 cm³/mol. The molecule has 1 amide bonds. The van der Waals surface area contributed by atoms with Gasteiger partial charge < -0.3 is 5.32 Å². The first-order chi connectivity index (χ1) is 10.6. The summed E-state index contributed by atoms with van der Waals surface area (Å²) in [6.07, 6.45) is 5.63. The van der Waals surface area contributed by atoms with Crippen molar-refractivity contribution in [1.29, 1.82) is 0 Å². The van der Waals surface area contributed by atoms with Gasteiger partial charge in [0.2, 0.25) is 5.91 Å². The predicted octanol–water partition coefficient (Wildman–Crippen LogP) is 3.73. The van der Waals surface area contributed by atoms with E-state index in [0.29, 0.717) is 6.42 Å². The second-order valence-corrected chi connectivity index (χ2v) is 7.79. The molecule has 22 heavy (non-hydrogen) atoms. The van der Waals surface area contributed by atoms with Crippen LogP contribution in [0, 0.1) is 13.8 Å². The molecule has 1 aliphatic carbocycles. The SMILES string of the molecule is Cc1csc(C2(NC(=O)CCc3scnc3C)CCCC2)n1. The van der Waals surface area contributed by atoms with Crippen LogP contribution in [0.1, 0.15) is 53.4 Å². The van der Waals surface area contributed by atoms with Gasteiger partial charge in [-0.05, 0) is 33.1 Å². The number of thiazole rings is 2. The minimum atomic E-state index is -0.223. The van der Waals surface area contributed by atoms with Gasteiger partial charge in [-0.1, -0.05) is 12.8 Å². The van der Waals surface area contributed by atoms with Crippen molar-refractivity contribution in [3.63, 3.8) is 0 Å². The molecule has 0 saturated heterocycles. The second kappa shape index (κ2) is 6.46. The molecule has 0 radical (unpaired) electrons. The Balaban J connectivity index is 1.66. The minimum Gasteiger partial charge on any atom is -0.344 e. The van der Waals surface area contributed by atoms with Crippen LogP contribution in [0.3, 0.4) is 0 Å². The van der Waals surface area contributed by atoms with Crippen LogP contribution in [0.15, 0.2) is 10.9 Å². The Bertz CT molecular complexity index is 656. The standard InChI is InChI=1S/C16H21N3OS2/c1-11-9-21-15(18-11)16(7-3-4-8-16)19-14(20)6-5-13-12(2)17-10-22-13/h9-10H,3-8H2,1-2H3,(H,19,20). The Morgan fingerprint density at radius 1 is 1.32 bits per heavy atom. The van der Waals surface area contributed by atoms with E-state index < -0.39 is 0 Å².